The average molecular weight is 411 g/mol. The zero-order valence-corrected chi connectivity index (χ0v) is 17.9. The molecule has 7 nitrogen and oxygen atoms in total. The van der Waals surface area contributed by atoms with Gasteiger partial charge < -0.3 is 19.3 Å². The van der Waals surface area contributed by atoms with Gasteiger partial charge in [-0.3, -0.25) is 4.79 Å². The molecule has 0 N–H and O–H groups in total. The Kier molecular flexibility index (Phi) is 6.47. The second kappa shape index (κ2) is 9.43. The lowest BCUT2D eigenvalue weighted by Gasteiger charge is -2.34. The van der Waals surface area contributed by atoms with Crippen LogP contribution in [0.2, 0.25) is 0 Å². The smallest absolute Gasteiger partial charge is 0.254 e. The maximum atomic E-state index is 13.1. The van der Waals surface area contributed by atoms with E-state index in [-0.39, 0.29) is 5.91 Å². The fraction of sp³-hybridized carbons (Fsp3) is 0.522. The summed E-state index contributed by atoms with van der Waals surface area (Å²) in [5.74, 6) is 2.59. The summed E-state index contributed by atoms with van der Waals surface area (Å²) in [6.45, 7) is 9.02. The summed E-state index contributed by atoms with van der Waals surface area (Å²) < 4.78 is 11.2. The number of carbonyl (C=O) groups excluding carboxylic acids is 1. The standard InChI is InChI=1S/C23H30N4O3/c1-3-4-13-30-19-7-5-18(6-8-19)23(28)27-10-9-21-20(16-27)22(25-17(2)24-21)26-11-14-29-15-12-26/h5-8H,3-4,9-16H2,1-2H3. The van der Waals surface area contributed by atoms with Crippen LogP contribution in [0.3, 0.4) is 0 Å². The molecule has 4 rings (SSSR count). The van der Waals surface area contributed by atoms with E-state index in [4.69, 9.17) is 14.5 Å². The molecule has 7 heteroatoms. The minimum atomic E-state index is 0.0364. The normalized spacial score (nSPS) is 16.3. The van der Waals surface area contributed by atoms with Crippen molar-refractivity contribution in [2.75, 3.05) is 44.4 Å². The number of ether oxygens (including phenoxy) is 2. The molecule has 160 valence electrons. The molecule has 1 fully saturated rings. The first kappa shape index (κ1) is 20.6. The van der Waals surface area contributed by atoms with E-state index in [1.807, 2.05) is 36.1 Å². The largest absolute Gasteiger partial charge is 0.494 e. The van der Waals surface area contributed by atoms with Crippen LogP contribution in [0.5, 0.6) is 5.75 Å². The molecule has 0 radical (unpaired) electrons. The van der Waals surface area contributed by atoms with Crippen molar-refractivity contribution in [3.05, 3.63) is 46.9 Å². The molecule has 3 heterocycles. The third kappa shape index (κ3) is 4.56. The summed E-state index contributed by atoms with van der Waals surface area (Å²) >= 11 is 0. The lowest BCUT2D eigenvalue weighted by atomic mass is 10.0. The van der Waals surface area contributed by atoms with Crippen LogP contribution < -0.4 is 9.64 Å². The van der Waals surface area contributed by atoms with Gasteiger partial charge in [-0.15, -0.1) is 0 Å². The van der Waals surface area contributed by atoms with Crippen molar-refractivity contribution in [2.24, 2.45) is 0 Å². The molecule has 1 saturated heterocycles. The van der Waals surface area contributed by atoms with Crippen molar-refractivity contribution in [3.63, 3.8) is 0 Å². The quantitative estimate of drug-likeness (QED) is 0.682. The van der Waals surface area contributed by atoms with Crippen molar-refractivity contribution in [2.45, 2.75) is 39.7 Å². The summed E-state index contributed by atoms with van der Waals surface area (Å²) in [5, 5.41) is 0. The number of aryl methyl sites for hydroxylation is 1. The summed E-state index contributed by atoms with van der Waals surface area (Å²) in [7, 11) is 0. The molecular weight excluding hydrogens is 380 g/mol. The molecular formula is C23H30N4O3. The van der Waals surface area contributed by atoms with Crippen molar-refractivity contribution >= 4 is 11.7 Å². The van der Waals surface area contributed by atoms with Gasteiger partial charge in [-0.05, 0) is 37.6 Å². The van der Waals surface area contributed by atoms with Gasteiger partial charge in [0.05, 0.1) is 32.1 Å². The Bertz CT molecular complexity index is 879. The summed E-state index contributed by atoms with van der Waals surface area (Å²) in [5.41, 5.74) is 2.82. The monoisotopic (exact) mass is 410 g/mol. The van der Waals surface area contributed by atoms with Crippen LogP contribution in [0, 0.1) is 6.92 Å². The second-order valence-electron chi connectivity index (χ2n) is 7.82. The number of fused-ring (bicyclic) bond motifs is 1. The molecule has 30 heavy (non-hydrogen) atoms. The Labute approximate surface area is 178 Å². The van der Waals surface area contributed by atoms with Gasteiger partial charge in [0, 0.05) is 37.2 Å². The van der Waals surface area contributed by atoms with E-state index in [0.29, 0.717) is 38.5 Å². The summed E-state index contributed by atoms with van der Waals surface area (Å²) in [6, 6.07) is 7.47. The Hall–Kier alpha value is -2.67. The number of carbonyl (C=O) groups is 1. The summed E-state index contributed by atoms with van der Waals surface area (Å²) in [6.07, 6.45) is 2.88. The lowest BCUT2D eigenvalue weighted by Crippen LogP contribution is -2.41. The van der Waals surface area contributed by atoms with Crippen LogP contribution in [-0.4, -0.2) is 60.2 Å². The van der Waals surface area contributed by atoms with Crippen LogP contribution in [0.1, 0.15) is 47.2 Å². The SMILES string of the molecule is CCCCOc1ccc(C(=O)N2CCc3nc(C)nc(N4CCOCC4)c3C2)cc1. The van der Waals surface area contributed by atoms with Gasteiger partial charge in [0.1, 0.15) is 17.4 Å². The van der Waals surface area contributed by atoms with Gasteiger partial charge in [-0.25, -0.2) is 9.97 Å². The third-order valence-corrected chi connectivity index (χ3v) is 5.62. The van der Waals surface area contributed by atoms with Crippen molar-refractivity contribution < 1.29 is 14.3 Å². The molecule has 2 aliphatic heterocycles. The number of hydrogen-bond donors (Lipinski definition) is 0. The zero-order valence-electron chi connectivity index (χ0n) is 17.9. The van der Waals surface area contributed by atoms with Crippen LogP contribution >= 0.6 is 0 Å². The number of aromatic nitrogens is 2. The highest BCUT2D eigenvalue weighted by Crippen LogP contribution is 2.28. The highest BCUT2D eigenvalue weighted by Gasteiger charge is 2.28. The first-order chi connectivity index (χ1) is 14.7. The van der Waals surface area contributed by atoms with E-state index in [0.717, 1.165) is 61.0 Å². The molecule has 0 atom stereocenters. The average Bonchev–Trinajstić information content (AvgIpc) is 2.79. The highest BCUT2D eigenvalue weighted by atomic mass is 16.5. The number of unbranched alkanes of at least 4 members (excludes halogenated alkanes) is 1. The number of hydrogen-bond acceptors (Lipinski definition) is 6. The number of morpholine rings is 1. The maximum absolute atomic E-state index is 13.1. The number of rotatable bonds is 6. The van der Waals surface area contributed by atoms with Crippen molar-refractivity contribution in [1.82, 2.24) is 14.9 Å². The Morgan fingerprint density at radius 1 is 1.13 bits per heavy atom. The van der Waals surface area contributed by atoms with Crippen LogP contribution in [0.25, 0.3) is 0 Å². The number of anilines is 1. The fourth-order valence-electron chi connectivity index (χ4n) is 3.94. The molecule has 2 aliphatic rings. The molecule has 0 unspecified atom stereocenters. The molecule has 1 aromatic carbocycles. The first-order valence-electron chi connectivity index (χ1n) is 10.9. The van der Waals surface area contributed by atoms with E-state index in [1.165, 1.54) is 0 Å². The fourth-order valence-corrected chi connectivity index (χ4v) is 3.94. The molecule has 0 bridgehead atoms. The van der Waals surface area contributed by atoms with E-state index < -0.39 is 0 Å². The van der Waals surface area contributed by atoms with Gasteiger partial charge in [0.15, 0.2) is 0 Å². The van der Waals surface area contributed by atoms with Gasteiger partial charge in [-0.2, -0.15) is 0 Å². The van der Waals surface area contributed by atoms with Gasteiger partial charge >= 0.3 is 0 Å². The molecule has 0 aliphatic carbocycles. The Balaban J connectivity index is 1.50. The number of amides is 1. The number of benzene rings is 1. The second-order valence-corrected chi connectivity index (χ2v) is 7.82. The first-order valence-corrected chi connectivity index (χ1v) is 10.9. The molecule has 0 spiro atoms. The Morgan fingerprint density at radius 2 is 1.90 bits per heavy atom. The third-order valence-electron chi connectivity index (χ3n) is 5.62. The van der Waals surface area contributed by atoms with E-state index in [2.05, 4.69) is 16.8 Å². The van der Waals surface area contributed by atoms with Crippen molar-refractivity contribution in [3.8, 4) is 5.75 Å². The van der Waals surface area contributed by atoms with E-state index in [9.17, 15) is 4.79 Å². The van der Waals surface area contributed by atoms with Crippen molar-refractivity contribution in [1.29, 1.82) is 0 Å². The van der Waals surface area contributed by atoms with E-state index in [1.54, 1.807) is 0 Å². The predicted octanol–water partition coefficient (Wildman–Crippen LogP) is 3.00. The molecule has 0 saturated carbocycles. The highest BCUT2D eigenvalue weighted by molar-refractivity contribution is 5.94. The lowest BCUT2D eigenvalue weighted by molar-refractivity contribution is 0.0733. The maximum Gasteiger partial charge on any atom is 0.254 e. The van der Waals surface area contributed by atoms with Gasteiger partial charge in [0.25, 0.3) is 5.91 Å². The van der Waals surface area contributed by atoms with Gasteiger partial charge in [0.2, 0.25) is 0 Å². The summed E-state index contributed by atoms with van der Waals surface area (Å²) in [4.78, 5) is 26.7. The van der Waals surface area contributed by atoms with Gasteiger partial charge in [-0.1, -0.05) is 13.3 Å². The van der Waals surface area contributed by atoms with Crippen LogP contribution in [-0.2, 0) is 17.7 Å². The Morgan fingerprint density at radius 3 is 2.63 bits per heavy atom. The van der Waals surface area contributed by atoms with Crippen LogP contribution in [0.15, 0.2) is 24.3 Å². The van der Waals surface area contributed by atoms with Crippen LogP contribution in [0.4, 0.5) is 5.82 Å². The topological polar surface area (TPSA) is 67.8 Å². The minimum Gasteiger partial charge on any atom is -0.494 e. The predicted molar refractivity (Wildman–Crippen MR) is 115 cm³/mol. The molecule has 1 aromatic heterocycles. The molecule has 1 amide bonds. The molecule has 2 aromatic rings. The minimum absolute atomic E-state index is 0.0364. The zero-order chi connectivity index (χ0) is 20.9. The number of nitrogens with zero attached hydrogens (tertiary/aromatic N) is 4. The van der Waals surface area contributed by atoms with E-state index >= 15 is 0 Å².